The number of aromatic nitrogens is 3. The maximum atomic E-state index is 12.3. The van der Waals surface area contributed by atoms with Crippen LogP contribution in [0.4, 0.5) is 17.6 Å². The first-order valence-corrected chi connectivity index (χ1v) is 7.26. The Hall–Kier alpha value is -2.35. The summed E-state index contributed by atoms with van der Waals surface area (Å²) in [5, 5.41) is 2.85. The van der Waals surface area contributed by atoms with Gasteiger partial charge < -0.3 is 16.8 Å². The van der Waals surface area contributed by atoms with Crippen LogP contribution in [0.2, 0.25) is 0 Å². The number of carbonyl (C=O) groups is 1. The number of nitrogens with zero attached hydrogens (tertiary/aromatic N) is 3. The van der Waals surface area contributed by atoms with Crippen LogP contribution in [-0.4, -0.2) is 26.1 Å². The molecule has 110 valence electrons. The first-order chi connectivity index (χ1) is 10.1. The Morgan fingerprint density at radius 1 is 1.19 bits per heavy atom. The number of rotatable bonds is 5. The topological polar surface area (TPSA) is 120 Å². The van der Waals surface area contributed by atoms with Gasteiger partial charge in [-0.15, -0.1) is 0 Å². The van der Waals surface area contributed by atoms with Gasteiger partial charge in [-0.3, -0.25) is 4.79 Å². The fourth-order valence-corrected chi connectivity index (χ4v) is 2.51. The molecule has 2 rings (SSSR count). The zero-order chi connectivity index (χ0) is 15.2. The summed E-state index contributed by atoms with van der Waals surface area (Å²) in [5.41, 5.74) is 11.8. The monoisotopic (exact) mass is 304 g/mol. The van der Waals surface area contributed by atoms with Crippen molar-refractivity contribution in [2.45, 2.75) is 23.8 Å². The van der Waals surface area contributed by atoms with E-state index in [2.05, 4.69) is 20.3 Å². The summed E-state index contributed by atoms with van der Waals surface area (Å²) in [5.74, 6) is -0.0297. The SMILES string of the molecule is CC[C@H](Sc1nc(N)nc(N)n1)C(=O)Nc1ccccc1. The van der Waals surface area contributed by atoms with Crippen molar-refractivity contribution in [2.24, 2.45) is 0 Å². The minimum atomic E-state index is -0.341. The van der Waals surface area contributed by atoms with Crippen LogP contribution in [-0.2, 0) is 4.79 Å². The first kappa shape index (κ1) is 15.0. The number of nitrogens with two attached hydrogens (primary N) is 2. The quantitative estimate of drug-likeness (QED) is 0.717. The fourth-order valence-electron chi connectivity index (χ4n) is 1.63. The molecule has 0 bridgehead atoms. The molecule has 1 atom stereocenters. The normalized spacial score (nSPS) is 11.9. The van der Waals surface area contributed by atoms with E-state index < -0.39 is 0 Å². The minimum absolute atomic E-state index is 0.0447. The number of para-hydroxylation sites is 1. The number of benzene rings is 1. The van der Waals surface area contributed by atoms with Gasteiger partial charge in [-0.05, 0) is 18.6 Å². The predicted molar refractivity (Wildman–Crippen MR) is 83.7 cm³/mol. The van der Waals surface area contributed by atoms with Crippen LogP contribution in [0.1, 0.15) is 13.3 Å². The molecule has 0 saturated carbocycles. The van der Waals surface area contributed by atoms with E-state index in [1.165, 1.54) is 11.8 Å². The van der Waals surface area contributed by atoms with Crippen molar-refractivity contribution >= 4 is 35.3 Å². The lowest BCUT2D eigenvalue weighted by atomic mass is 10.3. The van der Waals surface area contributed by atoms with Gasteiger partial charge in [0.15, 0.2) is 5.16 Å². The zero-order valence-electron chi connectivity index (χ0n) is 11.5. The molecule has 2 aromatic rings. The Kier molecular flexibility index (Phi) is 4.94. The van der Waals surface area contributed by atoms with Gasteiger partial charge in [0.2, 0.25) is 17.8 Å². The van der Waals surface area contributed by atoms with Gasteiger partial charge in [-0.2, -0.15) is 15.0 Å². The molecule has 0 fully saturated rings. The lowest BCUT2D eigenvalue weighted by molar-refractivity contribution is -0.115. The molecule has 1 aromatic carbocycles. The van der Waals surface area contributed by atoms with E-state index in [-0.39, 0.29) is 23.1 Å². The number of hydrogen-bond acceptors (Lipinski definition) is 7. The third-order valence-electron chi connectivity index (χ3n) is 2.60. The molecule has 8 heteroatoms. The molecule has 0 aliphatic rings. The standard InChI is InChI=1S/C13H16N6OS/c1-2-9(10(20)16-8-6-4-3-5-7-8)21-13-18-11(14)17-12(15)19-13/h3-7,9H,2H2,1H3,(H,16,20)(H4,14,15,17,18,19)/t9-/m0/s1. The van der Waals surface area contributed by atoms with Crippen LogP contribution in [0.15, 0.2) is 35.5 Å². The van der Waals surface area contributed by atoms with E-state index in [1.54, 1.807) is 0 Å². The van der Waals surface area contributed by atoms with E-state index in [1.807, 2.05) is 37.3 Å². The lowest BCUT2D eigenvalue weighted by Gasteiger charge is -2.13. The highest BCUT2D eigenvalue weighted by Crippen LogP contribution is 2.24. The van der Waals surface area contributed by atoms with Crippen molar-refractivity contribution in [3.63, 3.8) is 0 Å². The van der Waals surface area contributed by atoms with E-state index in [0.29, 0.717) is 11.6 Å². The maximum Gasteiger partial charge on any atom is 0.237 e. The number of amides is 1. The van der Waals surface area contributed by atoms with Crippen molar-refractivity contribution in [1.82, 2.24) is 15.0 Å². The highest BCUT2D eigenvalue weighted by molar-refractivity contribution is 8.00. The lowest BCUT2D eigenvalue weighted by Crippen LogP contribution is -2.25. The van der Waals surface area contributed by atoms with E-state index in [0.717, 1.165) is 5.69 Å². The Balaban J connectivity index is 2.07. The molecule has 0 saturated heterocycles. The number of thioether (sulfide) groups is 1. The second kappa shape index (κ2) is 6.89. The van der Waals surface area contributed by atoms with E-state index in [9.17, 15) is 4.79 Å². The van der Waals surface area contributed by atoms with Gasteiger partial charge in [-0.25, -0.2) is 0 Å². The second-order valence-corrected chi connectivity index (χ2v) is 5.37. The molecule has 0 unspecified atom stereocenters. The summed E-state index contributed by atoms with van der Waals surface area (Å²) in [7, 11) is 0. The summed E-state index contributed by atoms with van der Waals surface area (Å²) in [4.78, 5) is 23.9. The Morgan fingerprint density at radius 2 is 1.81 bits per heavy atom. The largest absolute Gasteiger partial charge is 0.368 e. The van der Waals surface area contributed by atoms with E-state index in [4.69, 9.17) is 11.5 Å². The average Bonchev–Trinajstić information content (AvgIpc) is 2.44. The van der Waals surface area contributed by atoms with Crippen LogP contribution in [0, 0.1) is 0 Å². The number of nitrogens with one attached hydrogen (secondary N) is 1. The number of anilines is 3. The summed E-state index contributed by atoms with van der Waals surface area (Å²) in [6.07, 6.45) is 0.620. The van der Waals surface area contributed by atoms with Crippen LogP contribution in [0.25, 0.3) is 0 Å². The smallest absolute Gasteiger partial charge is 0.237 e. The highest BCUT2D eigenvalue weighted by Gasteiger charge is 2.20. The molecule has 1 aromatic heterocycles. The molecule has 0 radical (unpaired) electrons. The molecule has 1 amide bonds. The highest BCUT2D eigenvalue weighted by atomic mass is 32.2. The molecular formula is C13H16N6OS. The molecule has 0 spiro atoms. The Labute approximate surface area is 126 Å². The van der Waals surface area contributed by atoms with Crippen molar-refractivity contribution in [2.75, 3.05) is 16.8 Å². The van der Waals surface area contributed by atoms with Crippen LogP contribution in [0.3, 0.4) is 0 Å². The molecule has 0 aliphatic carbocycles. The fraction of sp³-hybridized carbons (Fsp3) is 0.231. The average molecular weight is 304 g/mol. The van der Waals surface area contributed by atoms with Crippen molar-refractivity contribution in [3.05, 3.63) is 30.3 Å². The molecule has 0 aliphatic heterocycles. The summed E-state index contributed by atoms with van der Waals surface area (Å²) in [6.45, 7) is 1.91. The second-order valence-electron chi connectivity index (χ2n) is 4.20. The predicted octanol–water partition coefficient (Wildman–Crippen LogP) is 1.55. The maximum absolute atomic E-state index is 12.3. The van der Waals surface area contributed by atoms with Crippen molar-refractivity contribution < 1.29 is 4.79 Å². The van der Waals surface area contributed by atoms with Gasteiger partial charge in [0.25, 0.3) is 0 Å². The van der Waals surface area contributed by atoms with Gasteiger partial charge in [0.1, 0.15) is 0 Å². The third-order valence-corrected chi connectivity index (χ3v) is 3.83. The zero-order valence-corrected chi connectivity index (χ0v) is 12.3. The van der Waals surface area contributed by atoms with Crippen LogP contribution < -0.4 is 16.8 Å². The third kappa shape index (κ3) is 4.32. The Bertz CT molecular complexity index is 601. The van der Waals surface area contributed by atoms with Gasteiger partial charge in [0, 0.05) is 5.69 Å². The van der Waals surface area contributed by atoms with Crippen LogP contribution >= 0.6 is 11.8 Å². The molecule has 7 nitrogen and oxygen atoms in total. The molecule has 21 heavy (non-hydrogen) atoms. The molecule has 5 N–H and O–H groups in total. The molecular weight excluding hydrogens is 288 g/mol. The number of hydrogen-bond donors (Lipinski definition) is 3. The summed E-state index contributed by atoms with van der Waals surface area (Å²) in [6, 6.07) is 9.26. The van der Waals surface area contributed by atoms with Gasteiger partial charge >= 0.3 is 0 Å². The van der Waals surface area contributed by atoms with Crippen LogP contribution in [0.5, 0.6) is 0 Å². The minimum Gasteiger partial charge on any atom is -0.368 e. The van der Waals surface area contributed by atoms with Crippen molar-refractivity contribution in [3.8, 4) is 0 Å². The van der Waals surface area contributed by atoms with Gasteiger partial charge in [0.05, 0.1) is 5.25 Å². The summed E-state index contributed by atoms with van der Waals surface area (Å²) < 4.78 is 0. The Morgan fingerprint density at radius 3 is 2.38 bits per heavy atom. The van der Waals surface area contributed by atoms with Gasteiger partial charge in [-0.1, -0.05) is 36.9 Å². The van der Waals surface area contributed by atoms with Crippen molar-refractivity contribution in [1.29, 1.82) is 0 Å². The number of carbonyl (C=O) groups excluding carboxylic acids is 1. The number of nitrogen functional groups attached to an aromatic ring is 2. The van der Waals surface area contributed by atoms with E-state index >= 15 is 0 Å². The molecule has 1 heterocycles. The summed E-state index contributed by atoms with van der Waals surface area (Å²) >= 11 is 1.21. The first-order valence-electron chi connectivity index (χ1n) is 6.38.